The van der Waals surface area contributed by atoms with E-state index in [0.29, 0.717) is 0 Å². The van der Waals surface area contributed by atoms with Crippen LogP contribution >= 0.6 is 0 Å². The maximum Gasteiger partial charge on any atom is 0.328 e. The molecule has 0 unspecified atom stereocenters. The van der Waals surface area contributed by atoms with Gasteiger partial charge in [0.05, 0.1) is 0 Å². The molecule has 0 bridgehead atoms. The molecule has 3 nitrogen and oxygen atoms in total. The quantitative estimate of drug-likeness (QED) is 0.529. The van der Waals surface area contributed by atoms with Gasteiger partial charge in [-0.05, 0) is 13.8 Å². The third-order valence-electron chi connectivity index (χ3n) is 0.655. The Labute approximate surface area is 54.2 Å². The lowest BCUT2D eigenvalue weighted by molar-refractivity contribution is -0.131. The summed E-state index contributed by atoms with van der Waals surface area (Å²) in [6.45, 7) is 3.46. The molecule has 0 aromatic carbocycles. The molecule has 0 saturated carbocycles. The van der Waals surface area contributed by atoms with Crippen LogP contribution in [-0.2, 0) is 4.79 Å². The highest BCUT2D eigenvalue weighted by Gasteiger charge is 2.03. The second-order valence-electron chi connectivity index (χ2n) is 2.49. The van der Waals surface area contributed by atoms with E-state index in [1.54, 1.807) is 13.8 Å². The first kappa shape index (κ1) is 8.17. The average Bonchev–Trinajstić information content (AvgIpc) is 1.59. The molecule has 0 rings (SSSR count). The van der Waals surface area contributed by atoms with Crippen LogP contribution < -0.4 is 5.73 Å². The molecule has 0 radical (unpaired) electrons. The van der Waals surface area contributed by atoms with E-state index >= 15 is 0 Å². The van der Waals surface area contributed by atoms with Crippen LogP contribution in [0.25, 0.3) is 0 Å². The van der Waals surface area contributed by atoms with Gasteiger partial charge in [-0.2, -0.15) is 0 Å². The van der Waals surface area contributed by atoms with E-state index in [4.69, 9.17) is 10.8 Å². The minimum absolute atomic E-state index is 0.529. The van der Waals surface area contributed by atoms with Crippen molar-refractivity contribution in [3.8, 4) is 0 Å². The normalized spacial score (nSPS) is 12.3. The van der Waals surface area contributed by atoms with E-state index < -0.39 is 11.5 Å². The molecule has 0 amide bonds. The summed E-state index contributed by atoms with van der Waals surface area (Å²) >= 11 is 0. The van der Waals surface area contributed by atoms with Gasteiger partial charge in [0.2, 0.25) is 0 Å². The average molecular weight is 129 g/mol. The smallest absolute Gasteiger partial charge is 0.328 e. The first-order valence-electron chi connectivity index (χ1n) is 2.63. The van der Waals surface area contributed by atoms with Gasteiger partial charge in [-0.1, -0.05) is 6.08 Å². The van der Waals surface area contributed by atoms with Gasteiger partial charge in [0, 0.05) is 11.6 Å². The standard InChI is InChI=1S/C6H11NO2/c1-6(2,7)4-3-5(8)9/h3-4H,7H2,1-2H3,(H,8,9)/b4-3+. The fourth-order valence-electron chi connectivity index (χ4n) is 0.286. The maximum atomic E-state index is 9.90. The predicted octanol–water partition coefficient (Wildman–Crippen LogP) is 0.365. The number of hydrogen-bond donors (Lipinski definition) is 2. The molecular formula is C6H11NO2. The first-order chi connectivity index (χ1) is 3.92. The molecule has 0 aromatic rings. The van der Waals surface area contributed by atoms with Crippen molar-refractivity contribution in [1.29, 1.82) is 0 Å². The van der Waals surface area contributed by atoms with Crippen molar-refractivity contribution in [2.24, 2.45) is 5.73 Å². The molecular weight excluding hydrogens is 118 g/mol. The van der Waals surface area contributed by atoms with Gasteiger partial charge in [0.1, 0.15) is 0 Å². The van der Waals surface area contributed by atoms with Crippen LogP contribution in [0.4, 0.5) is 0 Å². The number of carbonyl (C=O) groups is 1. The second-order valence-corrected chi connectivity index (χ2v) is 2.49. The van der Waals surface area contributed by atoms with Crippen LogP contribution in [0.3, 0.4) is 0 Å². The molecule has 0 aliphatic heterocycles. The minimum atomic E-state index is -0.964. The Kier molecular flexibility index (Phi) is 2.40. The van der Waals surface area contributed by atoms with Crippen LogP contribution in [0.15, 0.2) is 12.2 Å². The number of rotatable bonds is 2. The summed E-state index contributed by atoms with van der Waals surface area (Å²) in [4.78, 5) is 9.90. The molecule has 0 aliphatic carbocycles. The zero-order valence-corrected chi connectivity index (χ0v) is 5.59. The summed E-state index contributed by atoms with van der Waals surface area (Å²) in [7, 11) is 0. The largest absolute Gasteiger partial charge is 0.478 e. The van der Waals surface area contributed by atoms with Gasteiger partial charge in [-0.3, -0.25) is 0 Å². The van der Waals surface area contributed by atoms with E-state index in [9.17, 15) is 4.79 Å². The Morgan fingerprint density at radius 1 is 1.67 bits per heavy atom. The Morgan fingerprint density at radius 3 is 2.22 bits per heavy atom. The molecule has 3 N–H and O–H groups in total. The molecule has 52 valence electrons. The summed E-state index contributed by atoms with van der Waals surface area (Å²) in [5, 5.41) is 8.13. The van der Waals surface area contributed by atoms with Crippen molar-refractivity contribution < 1.29 is 9.90 Å². The summed E-state index contributed by atoms with van der Waals surface area (Å²) in [6.07, 6.45) is 2.48. The van der Waals surface area contributed by atoms with Crippen molar-refractivity contribution in [2.75, 3.05) is 0 Å². The van der Waals surface area contributed by atoms with Crippen molar-refractivity contribution >= 4 is 5.97 Å². The number of hydrogen-bond acceptors (Lipinski definition) is 2. The molecule has 0 aromatic heterocycles. The lowest BCUT2D eigenvalue weighted by Gasteiger charge is -2.10. The predicted molar refractivity (Wildman–Crippen MR) is 35.0 cm³/mol. The monoisotopic (exact) mass is 129 g/mol. The molecule has 9 heavy (non-hydrogen) atoms. The molecule has 0 aliphatic rings. The van der Waals surface area contributed by atoms with Gasteiger partial charge in [0.25, 0.3) is 0 Å². The third kappa shape index (κ3) is 7.17. The molecule has 0 atom stereocenters. The van der Waals surface area contributed by atoms with Crippen LogP contribution in [0.1, 0.15) is 13.8 Å². The second kappa shape index (κ2) is 2.64. The SMILES string of the molecule is CC(C)(N)/C=C/C(=O)O. The van der Waals surface area contributed by atoms with Crippen LogP contribution in [0.5, 0.6) is 0 Å². The van der Waals surface area contributed by atoms with Crippen LogP contribution in [0.2, 0.25) is 0 Å². The van der Waals surface area contributed by atoms with E-state index in [0.717, 1.165) is 6.08 Å². The Balaban J connectivity index is 3.86. The van der Waals surface area contributed by atoms with Crippen molar-refractivity contribution in [3.63, 3.8) is 0 Å². The lowest BCUT2D eigenvalue weighted by Crippen LogP contribution is -2.28. The summed E-state index contributed by atoms with van der Waals surface area (Å²) < 4.78 is 0. The highest BCUT2D eigenvalue weighted by molar-refractivity contribution is 5.79. The fourth-order valence-corrected chi connectivity index (χ4v) is 0.286. The van der Waals surface area contributed by atoms with Gasteiger partial charge in [0.15, 0.2) is 0 Å². The molecule has 0 spiro atoms. The summed E-state index contributed by atoms with van der Waals surface area (Å²) in [6, 6.07) is 0. The summed E-state index contributed by atoms with van der Waals surface area (Å²) in [5.74, 6) is -0.964. The van der Waals surface area contributed by atoms with E-state index in [1.807, 2.05) is 0 Å². The minimum Gasteiger partial charge on any atom is -0.478 e. The van der Waals surface area contributed by atoms with E-state index in [1.165, 1.54) is 6.08 Å². The van der Waals surface area contributed by atoms with E-state index in [2.05, 4.69) is 0 Å². The Morgan fingerprint density at radius 2 is 2.11 bits per heavy atom. The first-order valence-corrected chi connectivity index (χ1v) is 2.63. The number of carboxylic acid groups (broad SMARTS) is 1. The van der Waals surface area contributed by atoms with Gasteiger partial charge < -0.3 is 10.8 Å². The molecule has 0 saturated heterocycles. The van der Waals surface area contributed by atoms with Crippen molar-refractivity contribution in [1.82, 2.24) is 0 Å². The fraction of sp³-hybridized carbons (Fsp3) is 0.500. The van der Waals surface area contributed by atoms with E-state index in [-0.39, 0.29) is 0 Å². The van der Waals surface area contributed by atoms with Gasteiger partial charge in [-0.25, -0.2) is 4.79 Å². The van der Waals surface area contributed by atoms with Crippen molar-refractivity contribution in [3.05, 3.63) is 12.2 Å². The maximum absolute atomic E-state index is 9.90. The number of aliphatic carboxylic acids is 1. The molecule has 0 heterocycles. The zero-order chi connectivity index (χ0) is 7.49. The lowest BCUT2D eigenvalue weighted by atomic mass is 10.1. The highest BCUT2D eigenvalue weighted by Crippen LogP contribution is 1.96. The van der Waals surface area contributed by atoms with Crippen LogP contribution in [0, 0.1) is 0 Å². The topological polar surface area (TPSA) is 63.3 Å². The van der Waals surface area contributed by atoms with Crippen LogP contribution in [-0.4, -0.2) is 16.6 Å². The number of carboxylic acids is 1. The number of nitrogens with two attached hydrogens (primary N) is 1. The van der Waals surface area contributed by atoms with Gasteiger partial charge in [-0.15, -0.1) is 0 Å². The highest BCUT2D eigenvalue weighted by atomic mass is 16.4. The Bertz CT molecular complexity index is 132. The van der Waals surface area contributed by atoms with Crippen molar-refractivity contribution in [2.45, 2.75) is 19.4 Å². The molecule has 3 heteroatoms. The van der Waals surface area contributed by atoms with Gasteiger partial charge >= 0.3 is 5.97 Å². The Hall–Kier alpha value is -0.830. The molecule has 0 fully saturated rings. The third-order valence-corrected chi connectivity index (χ3v) is 0.655. The summed E-state index contributed by atoms with van der Waals surface area (Å²) in [5.41, 5.74) is 4.90. The zero-order valence-electron chi connectivity index (χ0n) is 5.59.